The summed E-state index contributed by atoms with van der Waals surface area (Å²) in [7, 11) is 0. The van der Waals surface area contributed by atoms with Gasteiger partial charge in [-0.1, -0.05) is 18.2 Å². The molecule has 1 aromatic rings. The molecule has 1 N–H and O–H groups in total. The monoisotopic (exact) mass is 303 g/mol. The maximum absolute atomic E-state index is 12.8. The molecular weight excluding hydrogens is 287 g/mol. The SMILES string of the molecule is CC(C)(C)OC(=O)NCC(=O)c1ccccc1C(F)(F)F. The first kappa shape index (κ1) is 17.0. The molecule has 1 rings (SSSR count). The van der Waals surface area contributed by atoms with Crippen molar-refractivity contribution in [3.05, 3.63) is 35.4 Å². The third-order valence-electron chi connectivity index (χ3n) is 2.33. The second-order valence-electron chi connectivity index (χ2n) is 5.32. The summed E-state index contributed by atoms with van der Waals surface area (Å²) < 4.78 is 43.2. The van der Waals surface area contributed by atoms with Crippen molar-refractivity contribution in [1.29, 1.82) is 0 Å². The zero-order chi connectivity index (χ0) is 16.3. The fourth-order valence-corrected chi connectivity index (χ4v) is 1.54. The van der Waals surface area contributed by atoms with Crippen LogP contribution in [-0.2, 0) is 10.9 Å². The number of benzene rings is 1. The summed E-state index contributed by atoms with van der Waals surface area (Å²) in [5, 5.41) is 2.14. The van der Waals surface area contributed by atoms with Crippen LogP contribution in [0.15, 0.2) is 24.3 Å². The lowest BCUT2D eigenvalue weighted by molar-refractivity contribution is -0.137. The van der Waals surface area contributed by atoms with Crippen molar-refractivity contribution in [3.63, 3.8) is 0 Å². The molecule has 0 bridgehead atoms. The topological polar surface area (TPSA) is 55.4 Å². The molecule has 0 fully saturated rings. The highest BCUT2D eigenvalue weighted by atomic mass is 19.4. The van der Waals surface area contributed by atoms with Crippen LogP contribution in [-0.4, -0.2) is 24.0 Å². The molecule has 0 aliphatic heterocycles. The average molecular weight is 303 g/mol. The van der Waals surface area contributed by atoms with Gasteiger partial charge in [-0.25, -0.2) is 4.79 Å². The molecule has 21 heavy (non-hydrogen) atoms. The molecule has 0 heterocycles. The number of amides is 1. The zero-order valence-electron chi connectivity index (χ0n) is 11.9. The van der Waals surface area contributed by atoms with Crippen LogP contribution in [0, 0.1) is 0 Å². The molecule has 0 atom stereocenters. The molecule has 0 radical (unpaired) electrons. The van der Waals surface area contributed by atoms with Crippen molar-refractivity contribution >= 4 is 11.9 Å². The largest absolute Gasteiger partial charge is 0.444 e. The quantitative estimate of drug-likeness (QED) is 0.871. The maximum Gasteiger partial charge on any atom is 0.417 e. The number of nitrogens with one attached hydrogen (secondary N) is 1. The van der Waals surface area contributed by atoms with E-state index in [1.54, 1.807) is 20.8 Å². The van der Waals surface area contributed by atoms with Crippen LogP contribution >= 0.6 is 0 Å². The molecule has 0 aliphatic carbocycles. The summed E-state index contributed by atoms with van der Waals surface area (Å²) in [4.78, 5) is 23.2. The van der Waals surface area contributed by atoms with Crippen LogP contribution in [0.4, 0.5) is 18.0 Å². The normalized spacial score (nSPS) is 11.9. The molecule has 0 saturated carbocycles. The predicted octanol–water partition coefficient (Wildman–Crippen LogP) is 3.41. The van der Waals surface area contributed by atoms with Gasteiger partial charge in [0.15, 0.2) is 5.78 Å². The lowest BCUT2D eigenvalue weighted by Crippen LogP contribution is -2.35. The van der Waals surface area contributed by atoms with Crippen LogP contribution in [0.3, 0.4) is 0 Å². The molecule has 116 valence electrons. The highest BCUT2D eigenvalue weighted by molar-refractivity contribution is 6.00. The Morgan fingerprint density at radius 1 is 1.14 bits per heavy atom. The van der Waals surface area contributed by atoms with Crippen molar-refractivity contribution in [2.75, 3.05) is 6.54 Å². The van der Waals surface area contributed by atoms with Crippen LogP contribution in [0.1, 0.15) is 36.7 Å². The summed E-state index contributed by atoms with van der Waals surface area (Å²) in [6.45, 7) is 4.33. The summed E-state index contributed by atoms with van der Waals surface area (Å²) in [5.41, 5.74) is -2.26. The van der Waals surface area contributed by atoms with Crippen molar-refractivity contribution in [3.8, 4) is 0 Å². The smallest absolute Gasteiger partial charge is 0.417 e. The summed E-state index contributed by atoms with van der Waals surface area (Å²) in [6, 6.07) is 4.42. The fourth-order valence-electron chi connectivity index (χ4n) is 1.54. The van der Waals surface area contributed by atoms with Gasteiger partial charge in [0.25, 0.3) is 0 Å². The highest BCUT2D eigenvalue weighted by Crippen LogP contribution is 2.31. The first-order valence-corrected chi connectivity index (χ1v) is 6.17. The van der Waals surface area contributed by atoms with Gasteiger partial charge < -0.3 is 10.1 Å². The molecule has 7 heteroatoms. The number of alkyl halides is 3. The summed E-state index contributed by atoms with van der Waals surface area (Å²) in [6.07, 6.45) is -5.49. The number of ketones is 1. The summed E-state index contributed by atoms with van der Waals surface area (Å²) in [5.74, 6) is -0.839. The first-order valence-electron chi connectivity index (χ1n) is 6.17. The Balaban J connectivity index is 2.76. The number of alkyl carbamates (subject to hydrolysis) is 1. The van der Waals surface area contributed by atoms with E-state index in [4.69, 9.17) is 4.74 Å². The van der Waals surface area contributed by atoms with E-state index in [0.29, 0.717) is 0 Å². The number of Topliss-reactive ketones (excluding diaryl/α,β-unsaturated/α-hetero) is 1. The molecule has 4 nitrogen and oxygen atoms in total. The molecule has 1 aromatic carbocycles. The minimum absolute atomic E-state index is 0.485. The third-order valence-corrected chi connectivity index (χ3v) is 2.33. The van der Waals surface area contributed by atoms with Gasteiger partial charge in [0.1, 0.15) is 5.60 Å². The molecular formula is C14H16F3NO3. The van der Waals surface area contributed by atoms with E-state index < -0.39 is 41.3 Å². The van der Waals surface area contributed by atoms with Gasteiger partial charge in [0.2, 0.25) is 0 Å². The Morgan fingerprint density at radius 2 is 1.71 bits per heavy atom. The first-order chi connectivity index (χ1) is 9.50. The number of hydrogen-bond acceptors (Lipinski definition) is 3. The summed E-state index contributed by atoms with van der Waals surface area (Å²) >= 11 is 0. The Morgan fingerprint density at radius 3 is 2.24 bits per heavy atom. The van der Waals surface area contributed by atoms with E-state index in [1.807, 2.05) is 0 Å². The van der Waals surface area contributed by atoms with Crippen LogP contribution in [0.25, 0.3) is 0 Å². The molecule has 0 aromatic heterocycles. The average Bonchev–Trinajstić information content (AvgIpc) is 2.33. The van der Waals surface area contributed by atoms with Gasteiger partial charge in [-0.05, 0) is 26.8 Å². The van der Waals surface area contributed by atoms with Gasteiger partial charge in [0, 0.05) is 5.56 Å². The van der Waals surface area contributed by atoms with Crippen LogP contribution < -0.4 is 5.32 Å². The minimum Gasteiger partial charge on any atom is -0.444 e. The van der Waals surface area contributed by atoms with E-state index in [2.05, 4.69) is 5.32 Å². The number of carbonyl (C=O) groups excluding carboxylic acids is 2. The maximum atomic E-state index is 12.8. The third kappa shape index (κ3) is 5.45. The van der Waals surface area contributed by atoms with Crippen molar-refractivity contribution in [2.24, 2.45) is 0 Å². The van der Waals surface area contributed by atoms with E-state index in [1.165, 1.54) is 12.1 Å². The lowest BCUT2D eigenvalue weighted by Gasteiger charge is -2.19. The number of hydrogen-bond donors (Lipinski definition) is 1. The van der Waals surface area contributed by atoms with Gasteiger partial charge in [-0.2, -0.15) is 13.2 Å². The van der Waals surface area contributed by atoms with Crippen molar-refractivity contribution in [1.82, 2.24) is 5.32 Å². The van der Waals surface area contributed by atoms with Crippen molar-refractivity contribution in [2.45, 2.75) is 32.5 Å². The number of carbonyl (C=O) groups is 2. The highest BCUT2D eigenvalue weighted by Gasteiger charge is 2.34. The van der Waals surface area contributed by atoms with Crippen LogP contribution in [0.2, 0.25) is 0 Å². The molecule has 0 spiro atoms. The van der Waals surface area contributed by atoms with E-state index >= 15 is 0 Å². The fraction of sp³-hybridized carbons (Fsp3) is 0.429. The number of rotatable bonds is 3. The van der Waals surface area contributed by atoms with E-state index in [-0.39, 0.29) is 0 Å². The number of halogens is 3. The molecule has 0 unspecified atom stereocenters. The lowest BCUT2D eigenvalue weighted by atomic mass is 10.0. The molecule has 1 amide bonds. The van der Waals surface area contributed by atoms with Gasteiger partial charge in [-0.15, -0.1) is 0 Å². The Bertz CT molecular complexity index is 533. The second kappa shape index (κ2) is 6.15. The van der Waals surface area contributed by atoms with E-state index in [9.17, 15) is 22.8 Å². The Hall–Kier alpha value is -2.05. The Kier molecular flexibility index (Phi) is 4.98. The van der Waals surface area contributed by atoms with Gasteiger partial charge in [-0.3, -0.25) is 4.79 Å². The van der Waals surface area contributed by atoms with Crippen molar-refractivity contribution < 1.29 is 27.5 Å². The minimum atomic E-state index is -4.63. The standard InChI is InChI=1S/C14H16F3NO3/c1-13(2,3)21-12(20)18-8-11(19)9-6-4-5-7-10(9)14(15,16)17/h4-7H,8H2,1-3H3,(H,18,20). The zero-order valence-corrected chi connectivity index (χ0v) is 11.9. The predicted molar refractivity (Wildman–Crippen MR) is 70.0 cm³/mol. The second-order valence-corrected chi connectivity index (χ2v) is 5.32. The molecule has 0 aliphatic rings. The van der Waals surface area contributed by atoms with Gasteiger partial charge >= 0.3 is 12.3 Å². The van der Waals surface area contributed by atoms with Gasteiger partial charge in [0.05, 0.1) is 12.1 Å². The molecule has 0 saturated heterocycles. The van der Waals surface area contributed by atoms with E-state index in [0.717, 1.165) is 12.1 Å². The Labute approximate surface area is 120 Å². The number of ether oxygens (including phenoxy) is 1. The van der Waals surface area contributed by atoms with Crippen LogP contribution in [0.5, 0.6) is 0 Å².